The minimum absolute atomic E-state index is 0. The van der Waals surface area contributed by atoms with E-state index < -0.39 is 51.8 Å². The molecule has 0 radical (unpaired) electrons. The first kappa shape index (κ1) is 50.6. The smallest absolute Gasteiger partial charge is 0.650 e. The third-order valence-corrected chi connectivity index (χ3v) is 7.07. The molecule has 0 saturated heterocycles. The maximum absolute atomic E-state index is 12.9. The molecule has 2 aromatic carbocycles. The van der Waals surface area contributed by atoms with E-state index in [1.54, 1.807) is 0 Å². The Hall–Kier alpha value is 0.454. The molecule has 2 N–H and O–H groups in total. The van der Waals surface area contributed by atoms with E-state index in [1.807, 2.05) is 74.5 Å². The van der Waals surface area contributed by atoms with Crippen molar-refractivity contribution in [2.24, 2.45) is 0 Å². The molecule has 14 nitrogen and oxygen atoms in total. The second-order valence-electron chi connectivity index (χ2n) is 9.06. The van der Waals surface area contributed by atoms with Gasteiger partial charge in [-0.2, -0.15) is 0 Å². The number of ether oxygens (including phenoxy) is 4. The molecule has 0 amide bonds. The molecule has 17 heteroatoms. The molecule has 0 heterocycles. The van der Waals surface area contributed by atoms with Gasteiger partial charge in [0, 0.05) is 33.3 Å². The third kappa shape index (κ3) is 25.4. The number of rotatable bonds is 25. The van der Waals surface area contributed by atoms with Gasteiger partial charge in [0.2, 0.25) is 0 Å². The molecule has 0 aliphatic carbocycles. The Kier molecular flexibility index (Phi) is 35.1. The summed E-state index contributed by atoms with van der Waals surface area (Å²) in [6.07, 6.45) is -2.29. The summed E-state index contributed by atoms with van der Waals surface area (Å²) in [4.78, 5) is 45.7. The van der Waals surface area contributed by atoms with E-state index in [2.05, 4.69) is 20.1 Å². The molecule has 0 aliphatic heterocycles. The van der Waals surface area contributed by atoms with Crippen LogP contribution in [0.3, 0.4) is 0 Å². The van der Waals surface area contributed by atoms with Gasteiger partial charge in [-0.3, -0.25) is 23.2 Å². The summed E-state index contributed by atoms with van der Waals surface area (Å²) in [5, 5.41) is 6.27. The Bertz CT molecular complexity index is 1170. The van der Waals surface area contributed by atoms with Crippen molar-refractivity contribution in [3.05, 3.63) is 71.8 Å². The first-order chi connectivity index (χ1) is 22.4. The zero-order valence-electron chi connectivity index (χ0n) is 28.3. The van der Waals surface area contributed by atoms with Crippen molar-refractivity contribution < 1.29 is 194 Å². The van der Waals surface area contributed by atoms with Crippen molar-refractivity contribution in [2.75, 3.05) is 46.6 Å². The molecule has 3 unspecified atom stereocenters. The molecule has 3 atom stereocenters. The predicted octanol–water partition coefficient (Wildman–Crippen LogP) is -2.84. The minimum atomic E-state index is -4.28. The second-order valence-corrected chi connectivity index (χ2v) is 10.8. The van der Waals surface area contributed by atoms with E-state index >= 15 is 0 Å². The van der Waals surface area contributed by atoms with Crippen molar-refractivity contribution in [2.45, 2.75) is 52.0 Å². The molecule has 256 valence electrons. The number of phosphoric ester groups is 1. The van der Waals surface area contributed by atoms with Crippen LogP contribution in [0.4, 0.5) is 0 Å². The molecule has 2 aromatic rings. The number of nitrogens with one attached hydrogen (secondary N) is 2. The number of esters is 2. The maximum Gasteiger partial charge on any atom is 1.00 e. The quantitative estimate of drug-likeness (QED) is 0.0343. The normalized spacial score (nSPS) is 12.6. The van der Waals surface area contributed by atoms with Crippen LogP contribution in [0.2, 0.25) is 0 Å². The Labute approximate surface area is 400 Å². The van der Waals surface area contributed by atoms with E-state index in [9.17, 15) is 23.7 Å². The van der Waals surface area contributed by atoms with Gasteiger partial charge in [-0.25, -0.2) is 4.57 Å². The second kappa shape index (κ2) is 33.3. The Morgan fingerprint density at radius 2 is 1.23 bits per heavy atom. The van der Waals surface area contributed by atoms with Crippen LogP contribution in [-0.2, 0) is 69.4 Å². The molecule has 48 heavy (non-hydrogen) atoms. The third-order valence-electron chi connectivity index (χ3n) is 5.69. The van der Waals surface area contributed by atoms with E-state index in [0.29, 0.717) is 26.2 Å². The van der Waals surface area contributed by atoms with Gasteiger partial charge in [0.25, 0.3) is 0 Å². The fraction of sp³-hybridized carbons (Fsp3) is 0.484. The number of carbonyl (C=O) groups excluding carboxylic acids is 4. The maximum atomic E-state index is 12.9. The molecule has 0 spiro atoms. The van der Waals surface area contributed by atoms with Crippen LogP contribution >= 0.6 is 7.82 Å². The van der Waals surface area contributed by atoms with E-state index in [1.165, 1.54) is 0 Å². The molecular formula is C31H43Cs2N2O12P. The fourth-order valence-corrected chi connectivity index (χ4v) is 4.44. The van der Waals surface area contributed by atoms with Gasteiger partial charge < -0.3 is 39.2 Å². The molecule has 2 rings (SSSR count). The average molecular weight is 932 g/mol. The van der Waals surface area contributed by atoms with E-state index in [0.717, 1.165) is 31.2 Å². The van der Waals surface area contributed by atoms with Gasteiger partial charge in [0.15, 0.2) is 6.10 Å². The predicted molar refractivity (Wildman–Crippen MR) is 166 cm³/mol. The van der Waals surface area contributed by atoms with Crippen LogP contribution in [0.15, 0.2) is 60.7 Å². The van der Waals surface area contributed by atoms with Crippen LogP contribution in [-0.4, -0.2) is 83.7 Å². The van der Waals surface area contributed by atoms with Crippen molar-refractivity contribution in [3.8, 4) is 0 Å². The largest absolute Gasteiger partial charge is 1.00 e. The summed E-state index contributed by atoms with van der Waals surface area (Å²) in [6, 6.07) is 19.3. The summed E-state index contributed by atoms with van der Waals surface area (Å²) in [5.74, 6) is -1.18. The van der Waals surface area contributed by atoms with Crippen LogP contribution in [0, 0.1) is 0 Å². The standard InChI is InChI=1S/C29H37N2O12P.C2H6.2Cs/c1-37-44(36,41-20-26(40-23-33)18-38-22-32)42-21-27(43-29(35)13-15-31-17-25-10-6-3-7-11-25)19-39-28(34)12-14-30-16-24-8-4-2-5-9-24;1-2;;/h2-11,26-27,30-31H,12-21H2,1H3;1-2H3;;/q-2;;2*+1. The van der Waals surface area contributed by atoms with Crippen LogP contribution < -0.4 is 148 Å². The van der Waals surface area contributed by atoms with Gasteiger partial charge in [-0.05, 0) is 11.1 Å². The van der Waals surface area contributed by atoms with E-state index in [-0.39, 0.29) is 157 Å². The number of phosphoric acid groups is 1. The van der Waals surface area contributed by atoms with Gasteiger partial charge in [-0.15, -0.1) is 0 Å². The molecule has 0 aliphatic rings. The van der Waals surface area contributed by atoms with Crippen molar-refractivity contribution in [3.63, 3.8) is 0 Å². The molecular weight excluding hydrogens is 889 g/mol. The van der Waals surface area contributed by atoms with Crippen molar-refractivity contribution in [1.29, 1.82) is 0 Å². The molecule has 0 aromatic heterocycles. The zero-order valence-corrected chi connectivity index (χ0v) is 41.8. The minimum Gasteiger partial charge on any atom is -0.650 e. The first-order valence-corrected chi connectivity index (χ1v) is 16.1. The fourth-order valence-electron chi connectivity index (χ4n) is 3.46. The van der Waals surface area contributed by atoms with Gasteiger partial charge >= 0.3 is 158 Å². The Morgan fingerprint density at radius 3 is 1.71 bits per heavy atom. The Balaban J connectivity index is 0. The van der Waals surface area contributed by atoms with Crippen molar-refractivity contribution in [1.82, 2.24) is 10.6 Å². The summed E-state index contributed by atoms with van der Waals surface area (Å²) in [6.45, 7) is 6.17. The van der Waals surface area contributed by atoms with Gasteiger partial charge in [0.05, 0.1) is 32.7 Å². The zero-order chi connectivity index (χ0) is 33.9. The monoisotopic (exact) mass is 932 g/mol. The molecule has 0 fully saturated rings. The van der Waals surface area contributed by atoms with Gasteiger partial charge in [0.1, 0.15) is 12.7 Å². The van der Waals surface area contributed by atoms with Crippen molar-refractivity contribution >= 4 is 32.7 Å². The van der Waals surface area contributed by atoms with Gasteiger partial charge in [-0.1, -0.05) is 87.5 Å². The van der Waals surface area contributed by atoms with Crippen LogP contribution in [0.25, 0.3) is 0 Å². The number of carbonyl (C=O) groups is 2. The molecule has 0 bridgehead atoms. The SMILES string of the molecule is CC.COP(=O)(OCC(CO[C-]=O)O[C-]=O)OCC(COC(=O)CCNCc1ccccc1)OC(=O)CCNCc1ccccc1.[Cs+].[Cs+]. The van der Waals surface area contributed by atoms with Crippen LogP contribution in [0.5, 0.6) is 0 Å². The van der Waals surface area contributed by atoms with Crippen LogP contribution in [0.1, 0.15) is 37.8 Å². The number of hydrogen-bond donors (Lipinski definition) is 2. The summed E-state index contributed by atoms with van der Waals surface area (Å²) in [7, 11) is -3.24. The summed E-state index contributed by atoms with van der Waals surface area (Å²) in [5.41, 5.74) is 2.10. The van der Waals surface area contributed by atoms with E-state index in [4.69, 9.17) is 23.0 Å². The first-order valence-electron chi connectivity index (χ1n) is 14.7. The molecule has 0 saturated carbocycles. The topological polar surface area (TPSA) is 174 Å². The summed E-state index contributed by atoms with van der Waals surface area (Å²) >= 11 is 0. The number of benzene rings is 2. The average Bonchev–Trinajstić information content (AvgIpc) is 3.09. The Morgan fingerprint density at radius 1 is 0.729 bits per heavy atom. The number of hydrogen-bond acceptors (Lipinski definition) is 14. The summed E-state index contributed by atoms with van der Waals surface area (Å²) < 4.78 is 47.8.